The van der Waals surface area contributed by atoms with Gasteiger partial charge < -0.3 is 9.73 Å². The molecule has 1 aromatic carbocycles. The lowest BCUT2D eigenvalue weighted by Crippen LogP contribution is -2.25. The summed E-state index contributed by atoms with van der Waals surface area (Å²) in [4.78, 5) is 12.3. The van der Waals surface area contributed by atoms with E-state index in [9.17, 15) is 18.0 Å². The maximum absolute atomic E-state index is 12.9. The van der Waals surface area contributed by atoms with Crippen molar-refractivity contribution >= 4 is 22.5 Å². The molecule has 0 aliphatic heterocycles. The highest BCUT2D eigenvalue weighted by Crippen LogP contribution is 2.29. The smallest absolute Gasteiger partial charge is 0.417 e. The van der Waals surface area contributed by atoms with Gasteiger partial charge in [0.1, 0.15) is 5.58 Å². The minimum Gasteiger partial charge on any atom is -0.464 e. The molecule has 1 amide bonds. The van der Waals surface area contributed by atoms with E-state index in [2.05, 4.69) is 15.5 Å². The first kappa shape index (κ1) is 18.0. The molecule has 28 heavy (non-hydrogen) atoms. The van der Waals surface area contributed by atoms with E-state index in [0.717, 1.165) is 28.8 Å². The quantitative estimate of drug-likeness (QED) is 0.579. The van der Waals surface area contributed by atoms with Crippen LogP contribution in [0.4, 0.5) is 13.2 Å². The Hall–Kier alpha value is -3.36. The van der Waals surface area contributed by atoms with E-state index in [-0.39, 0.29) is 30.3 Å². The molecule has 0 spiro atoms. The number of benzene rings is 1. The second kappa shape index (κ2) is 6.66. The third-order valence-corrected chi connectivity index (χ3v) is 4.41. The van der Waals surface area contributed by atoms with Crippen LogP contribution in [0.1, 0.15) is 22.5 Å². The average molecular weight is 388 g/mol. The number of nitrogens with zero attached hydrogens (tertiary/aromatic N) is 3. The predicted octanol–water partition coefficient (Wildman–Crippen LogP) is 3.66. The molecule has 4 rings (SSSR count). The van der Waals surface area contributed by atoms with Crippen LogP contribution in [0, 0.1) is 6.92 Å². The molecule has 0 saturated carbocycles. The van der Waals surface area contributed by atoms with Crippen LogP contribution in [-0.4, -0.2) is 20.5 Å². The first-order chi connectivity index (χ1) is 13.3. The number of hydrogen-bond donors (Lipinski definition) is 1. The normalized spacial score (nSPS) is 12.0. The lowest BCUT2D eigenvalue weighted by molar-refractivity contribution is -0.137. The van der Waals surface area contributed by atoms with E-state index in [1.54, 1.807) is 0 Å². The molecule has 3 aromatic heterocycles. The number of rotatable bonds is 4. The number of aryl methyl sites for hydroxylation is 1. The van der Waals surface area contributed by atoms with Crippen LogP contribution in [0.2, 0.25) is 0 Å². The van der Waals surface area contributed by atoms with Gasteiger partial charge >= 0.3 is 6.18 Å². The first-order valence-corrected chi connectivity index (χ1v) is 8.45. The Kier molecular flexibility index (Phi) is 4.29. The number of alkyl halides is 3. The van der Waals surface area contributed by atoms with Crippen LogP contribution in [0.3, 0.4) is 0 Å². The standard InChI is InChI=1S/C19H15F3N4O2/c1-11-2-4-14-12(10-28-15(14)6-11)7-18(27)23-8-17-25-24-16-5-3-13(9-26(16)17)19(20,21)22/h2-6,9-10H,7-8H2,1H3,(H,23,27). The van der Waals surface area contributed by atoms with Gasteiger partial charge in [0, 0.05) is 17.1 Å². The first-order valence-electron chi connectivity index (χ1n) is 8.45. The summed E-state index contributed by atoms with van der Waals surface area (Å²) >= 11 is 0. The van der Waals surface area contributed by atoms with Gasteiger partial charge in [-0.2, -0.15) is 13.2 Å². The Morgan fingerprint density at radius 3 is 2.82 bits per heavy atom. The van der Waals surface area contributed by atoms with E-state index >= 15 is 0 Å². The third kappa shape index (κ3) is 3.42. The van der Waals surface area contributed by atoms with Crippen molar-refractivity contribution in [3.8, 4) is 0 Å². The van der Waals surface area contributed by atoms with Gasteiger partial charge in [0.25, 0.3) is 0 Å². The van der Waals surface area contributed by atoms with Crippen molar-refractivity contribution in [3.63, 3.8) is 0 Å². The van der Waals surface area contributed by atoms with E-state index in [1.807, 2.05) is 25.1 Å². The Morgan fingerprint density at radius 2 is 2.04 bits per heavy atom. The van der Waals surface area contributed by atoms with Crippen molar-refractivity contribution in [3.05, 3.63) is 65.3 Å². The zero-order valence-corrected chi connectivity index (χ0v) is 14.7. The number of furan rings is 1. The number of halogens is 3. The highest BCUT2D eigenvalue weighted by Gasteiger charge is 2.31. The largest absolute Gasteiger partial charge is 0.464 e. The number of amides is 1. The Balaban J connectivity index is 1.48. The average Bonchev–Trinajstić information content (AvgIpc) is 3.22. The second-order valence-electron chi connectivity index (χ2n) is 6.47. The summed E-state index contributed by atoms with van der Waals surface area (Å²) in [5.41, 5.74) is 1.94. The molecule has 3 heterocycles. The van der Waals surface area contributed by atoms with Crippen molar-refractivity contribution in [1.82, 2.24) is 19.9 Å². The molecule has 0 aliphatic carbocycles. The highest BCUT2D eigenvalue weighted by atomic mass is 19.4. The topological polar surface area (TPSA) is 72.4 Å². The number of aromatic nitrogens is 3. The van der Waals surface area contributed by atoms with E-state index in [4.69, 9.17) is 4.42 Å². The molecule has 9 heteroatoms. The predicted molar refractivity (Wildman–Crippen MR) is 94.5 cm³/mol. The maximum atomic E-state index is 12.9. The molecule has 0 aliphatic rings. The van der Waals surface area contributed by atoms with Crippen molar-refractivity contribution in [1.29, 1.82) is 0 Å². The van der Waals surface area contributed by atoms with Gasteiger partial charge in [-0.15, -0.1) is 10.2 Å². The van der Waals surface area contributed by atoms with Gasteiger partial charge in [-0.3, -0.25) is 9.20 Å². The summed E-state index contributed by atoms with van der Waals surface area (Å²) in [6, 6.07) is 7.89. The number of carbonyl (C=O) groups excluding carboxylic acids is 1. The lowest BCUT2D eigenvalue weighted by Gasteiger charge is -2.08. The number of pyridine rings is 1. The van der Waals surface area contributed by atoms with Crippen LogP contribution in [0.25, 0.3) is 16.6 Å². The van der Waals surface area contributed by atoms with Crippen molar-refractivity contribution in [2.24, 2.45) is 0 Å². The van der Waals surface area contributed by atoms with Gasteiger partial charge in [-0.1, -0.05) is 12.1 Å². The van der Waals surface area contributed by atoms with Crippen LogP contribution in [0.5, 0.6) is 0 Å². The Labute approximate surface area is 157 Å². The number of fused-ring (bicyclic) bond motifs is 2. The fourth-order valence-corrected chi connectivity index (χ4v) is 2.97. The molecule has 0 fully saturated rings. The van der Waals surface area contributed by atoms with Crippen LogP contribution >= 0.6 is 0 Å². The van der Waals surface area contributed by atoms with E-state index < -0.39 is 11.7 Å². The van der Waals surface area contributed by atoms with Gasteiger partial charge in [0.05, 0.1) is 24.8 Å². The second-order valence-corrected chi connectivity index (χ2v) is 6.47. The molecular formula is C19H15F3N4O2. The zero-order valence-electron chi connectivity index (χ0n) is 14.7. The van der Waals surface area contributed by atoms with Gasteiger partial charge in [-0.05, 0) is 30.7 Å². The molecule has 6 nitrogen and oxygen atoms in total. The lowest BCUT2D eigenvalue weighted by atomic mass is 10.1. The molecule has 0 atom stereocenters. The molecular weight excluding hydrogens is 373 g/mol. The zero-order chi connectivity index (χ0) is 19.9. The maximum Gasteiger partial charge on any atom is 0.417 e. The Bertz CT molecular complexity index is 1180. The van der Waals surface area contributed by atoms with E-state index in [0.29, 0.717) is 5.58 Å². The number of nitrogens with one attached hydrogen (secondary N) is 1. The molecule has 0 unspecified atom stereocenters. The number of hydrogen-bond acceptors (Lipinski definition) is 4. The molecule has 0 radical (unpaired) electrons. The van der Waals surface area contributed by atoms with Gasteiger partial charge in [0.15, 0.2) is 11.5 Å². The molecule has 0 bridgehead atoms. The van der Waals surface area contributed by atoms with E-state index in [1.165, 1.54) is 16.7 Å². The molecule has 4 aromatic rings. The van der Waals surface area contributed by atoms with Crippen molar-refractivity contribution in [2.75, 3.05) is 0 Å². The molecule has 0 saturated heterocycles. The van der Waals surface area contributed by atoms with Crippen LogP contribution in [-0.2, 0) is 23.9 Å². The van der Waals surface area contributed by atoms with Crippen LogP contribution < -0.4 is 5.32 Å². The monoisotopic (exact) mass is 388 g/mol. The summed E-state index contributed by atoms with van der Waals surface area (Å²) in [5.74, 6) is -0.0888. The van der Waals surface area contributed by atoms with Crippen LogP contribution in [0.15, 0.2) is 47.2 Å². The third-order valence-electron chi connectivity index (χ3n) is 4.41. The molecule has 1 N–H and O–H groups in total. The minimum atomic E-state index is -4.47. The highest BCUT2D eigenvalue weighted by molar-refractivity contribution is 5.87. The number of carbonyl (C=O) groups is 1. The van der Waals surface area contributed by atoms with Gasteiger partial charge in [-0.25, -0.2) is 0 Å². The summed E-state index contributed by atoms with van der Waals surface area (Å²) in [6.07, 6.45) is -1.94. The van der Waals surface area contributed by atoms with Crippen molar-refractivity contribution < 1.29 is 22.4 Å². The SMILES string of the molecule is Cc1ccc2c(CC(=O)NCc3nnc4ccc(C(F)(F)F)cn34)coc2c1. The van der Waals surface area contributed by atoms with Crippen molar-refractivity contribution in [2.45, 2.75) is 26.1 Å². The Morgan fingerprint density at radius 1 is 1.21 bits per heavy atom. The summed E-state index contributed by atoms with van der Waals surface area (Å²) in [6.45, 7) is 1.90. The molecule has 144 valence electrons. The summed E-state index contributed by atoms with van der Waals surface area (Å²) in [5, 5.41) is 11.2. The summed E-state index contributed by atoms with van der Waals surface area (Å²) in [7, 11) is 0. The minimum absolute atomic E-state index is 0.0454. The van der Waals surface area contributed by atoms with Gasteiger partial charge in [0.2, 0.25) is 5.91 Å². The fraction of sp³-hybridized carbons (Fsp3) is 0.211. The summed E-state index contributed by atoms with van der Waals surface area (Å²) < 4.78 is 45.4. The fourth-order valence-electron chi connectivity index (χ4n) is 2.97.